The summed E-state index contributed by atoms with van der Waals surface area (Å²) in [6.45, 7) is 2.32. The molecule has 2 N–H and O–H groups in total. The number of carbonyl (C=O) groups excluding carboxylic acids is 2. The minimum atomic E-state index is -0.145. The average molecular weight is 389 g/mol. The monoisotopic (exact) mass is 389 g/mol. The van der Waals surface area contributed by atoms with Gasteiger partial charge in [-0.3, -0.25) is 14.7 Å². The number of H-pyrrole nitrogens is 1. The van der Waals surface area contributed by atoms with Gasteiger partial charge in [-0.2, -0.15) is 0 Å². The summed E-state index contributed by atoms with van der Waals surface area (Å²) in [6, 6.07) is 8.04. The fraction of sp³-hybridized carbons (Fsp3) is 0.444. The first-order valence-electron chi connectivity index (χ1n) is 8.77. The van der Waals surface area contributed by atoms with Crippen LogP contribution < -0.4 is 10.1 Å². The van der Waals surface area contributed by atoms with Crippen LogP contribution in [-0.4, -0.2) is 57.3 Å². The van der Waals surface area contributed by atoms with Crippen molar-refractivity contribution in [3.8, 4) is 5.75 Å². The molecule has 1 aromatic carbocycles. The number of carbonyl (C=O) groups is 2. The van der Waals surface area contributed by atoms with Gasteiger partial charge in [0.05, 0.1) is 12.3 Å². The molecule has 1 fully saturated rings. The Labute approximate surface area is 162 Å². The van der Waals surface area contributed by atoms with Crippen LogP contribution in [-0.2, 0) is 16.2 Å². The van der Waals surface area contributed by atoms with E-state index in [9.17, 15) is 9.59 Å². The summed E-state index contributed by atoms with van der Waals surface area (Å²) in [7, 11) is 1.62. The molecule has 0 spiro atoms. The van der Waals surface area contributed by atoms with Crippen LogP contribution in [0.1, 0.15) is 24.2 Å². The summed E-state index contributed by atoms with van der Waals surface area (Å²) in [5.74, 6) is 1.29. The Morgan fingerprint density at radius 1 is 1.37 bits per heavy atom. The molecule has 0 bridgehead atoms. The summed E-state index contributed by atoms with van der Waals surface area (Å²) >= 11 is 1.22. The SMILES string of the molecule is Cc1ccccc1OCc1nc(SCC(=O)N(C)CC(=O)NC2CC2)n[nH]1. The van der Waals surface area contributed by atoms with Crippen molar-refractivity contribution < 1.29 is 14.3 Å². The molecule has 0 atom stereocenters. The van der Waals surface area contributed by atoms with Crippen molar-refractivity contribution in [2.45, 2.75) is 37.6 Å². The predicted octanol–water partition coefficient (Wildman–Crippen LogP) is 1.52. The zero-order chi connectivity index (χ0) is 19.2. The molecule has 1 aromatic heterocycles. The highest BCUT2D eigenvalue weighted by Crippen LogP contribution is 2.19. The van der Waals surface area contributed by atoms with Crippen LogP contribution in [0.5, 0.6) is 5.75 Å². The van der Waals surface area contributed by atoms with Crippen LogP contribution >= 0.6 is 11.8 Å². The molecule has 2 aromatic rings. The van der Waals surface area contributed by atoms with E-state index < -0.39 is 0 Å². The van der Waals surface area contributed by atoms with E-state index in [-0.39, 0.29) is 30.7 Å². The maximum atomic E-state index is 12.1. The van der Waals surface area contributed by atoms with Gasteiger partial charge < -0.3 is 15.0 Å². The van der Waals surface area contributed by atoms with Crippen molar-refractivity contribution in [1.82, 2.24) is 25.4 Å². The Bertz CT molecular complexity index is 806. The molecule has 1 heterocycles. The Hall–Kier alpha value is -2.55. The lowest BCUT2D eigenvalue weighted by Crippen LogP contribution is -2.39. The van der Waals surface area contributed by atoms with E-state index in [0.717, 1.165) is 24.2 Å². The van der Waals surface area contributed by atoms with Crippen molar-refractivity contribution in [1.29, 1.82) is 0 Å². The molecule has 2 amide bonds. The highest BCUT2D eigenvalue weighted by atomic mass is 32.2. The molecule has 9 heteroatoms. The van der Waals surface area contributed by atoms with Gasteiger partial charge in [-0.25, -0.2) is 4.98 Å². The number of likely N-dealkylation sites (N-methyl/N-ethyl adjacent to an activating group) is 1. The highest BCUT2D eigenvalue weighted by Gasteiger charge is 2.24. The number of aromatic nitrogens is 3. The number of para-hydroxylation sites is 1. The third kappa shape index (κ3) is 5.99. The smallest absolute Gasteiger partial charge is 0.239 e. The maximum Gasteiger partial charge on any atom is 0.239 e. The third-order valence-electron chi connectivity index (χ3n) is 4.04. The molecular weight excluding hydrogens is 366 g/mol. The lowest BCUT2D eigenvalue weighted by atomic mass is 10.2. The molecule has 1 aliphatic carbocycles. The van der Waals surface area contributed by atoms with Crippen molar-refractivity contribution in [2.75, 3.05) is 19.3 Å². The van der Waals surface area contributed by atoms with Gasteiger partial charge in [-0.15, -0.1) is 5.10 Å². The zero-order valence-electron chi connectivity index (χ0n) is 15.4. The summed E-state index contributed by atoms with van der Waals surface area (Å²) < 4.78 is 5.72. The number of aryl methyl sites for hydroxylation is 1. The van der Waals surface area contributed by atoms with Gasteiger partial charge in [0.25, 0.3) is 0 Å². The molecular formula is C18H23N5O3S. The molecule has 1 saturated carbocycles. The standard InChI is InChI=1S/C18H23N5O3S/c1-12-5-3-4-6-14(12)26-10-15-20-18(22-21-15)27-11-17(25)23(2)9-16(24)19-13-7-8-13/h3-6,13H,7-11H2,1-2H3,(H,19,24)(H,20,21,22). The van der Waals surface area contributed by atoms with Crippen molar-refractivity contribution >= 4 is 23.6 Å². The number of thioether (sulfide) groups is 1. The third-order valence-corrected chi connectivity index (χ3v) is 4.87. The summed E-state index contributed by atoms with van der Waals surface area (Å²) in [4.78, 5) is 29.6. The van der Waals surface area contributed by atoms with E-state index in [4.69, 9.17) is 4.74 Å². The van der Waals surface area contributed by atoms with E-state index in [0.29, 0.717) is 17.0 Å². The van der Waals surface area contributed by atoms with E-state index >= 15 is 0 Å². The maximum absolute atomic E-state index is 12.1. The highest BCUT2D eigenvalue weighted by molar-refractivity contribution is 7.99. The van der Waals surface area contributed by atoms with E-state index in [1.54, 1.807) is 7.05 Å². The van der Waals surface area contributed by atoms with Crippen molar-refractivity contribution in [3.05, 3.63) is 35.7 Å². The van der Waals surface area contributed by atoms with Crippen molar-refractivity contribution in [2.24, 2.45) is 0 Å². The molecule has 144 valence electrons. The molecule has 0 aliphatic heterocycles. The fourth-order valence-electron chi connectivity index (χ4n) is 2.31. The molecule has 0 unspecified atom stereocenters. The fourth-order valence-corrected chi connectivity index (χ4v) is 3.07. The number of benzene rings is 1. The predicted molar refractivity (Wildman–Crippen MR) is 101 cm³/mol. The molecule has 0 radical (unpaired) electrons. The minimum absolute atomic E-state index is 0.0689. The Balaban J connectivity index is 1.41. The van der Waals surface area contributed by atoms with Crippen LogP contribution in [0.2, 0.25) is 0 Å². The van der Waals surface area contributed by atoms with Gasteiger partial charge in [0.15, 0.2) is 5.82 Å². The molecule has 1 aliphatic rings. The topological polar surface area (TPSA) is 100 Å². The zero-order valence-corrected chi connectivity index (χ0v) is 16.2. The van der Waals surface area contributed by atoms with Gasteiger partial charge in [-0.05, 0) is 31.4 Å². The second-order valence-electron chi connectivity index (χ2n) is 6.50. The Morgan fingerprint density at radius 2 is 2.15 bits per heavy atom. The first kappa shape index (κ1) is 19.2. The first-order valence-corrected chi connectivity index (χ1v) is 9.75. The summed E-state index contributed by atoms with van der Waals surface area (Å²) in [6.07, 6.45) is 2.06. The molecule has 8 nitrogen and oxygen atoms in total. The number of hydrogen-bond acceptors (Lipinski definition) is 6. The normalized spacial score (nSPS) is 13.3. The lowest BCUT2D eigenvalue weighted by Gasteiger charge is -2.16. The number of nitrogens with zero attached hydrogens (tertiary/aromatic N) is 3. The largest absolute Gasteiger partial charge is 0.485 e. The van der Waals surface area contributed by atoms with E-state index in [1.165, 1.54) is 16.7 Å². The number of rotatable bonds is 9. The number of ether oxygens (including phenoxy) is 1. The molecule has 3 rings (SSSR count). The minimum Gasteiger partial charge on any atom is -0.485 e. The second kappa shape index (κ2) is 8.90. The summed E-state index contributed by atoms with van der Waals surface area (Å²) in [5, 5.41) is 10.2. The Kier molecular flexibility index (Phi) is 6.33. The van der Waals surface area contributed by atoms with Gasteiger partial charge in [0.2, 0.25) is 17.0 Å². The summed E-state index contributed by atoms with van der Waals surface area (Å²) in [5.41, 5.74) is 1.05. The number of hydrogen-bond donors (Lipinski definition) is 2. The van der Waals surface area contributed by atoms with Crippen LogP contribution in [0.4, 0.5) is 0 Å². The van der Waals surface area contributed by atoms with Gasteiger partial charge in [0, 0.05) is 13.1 Å². The van der Waals surface area contributed by atoms with Gasteiger partial charge in [-0.1, -0.05) is 30.0 Å². The van der Waals surface area contributed by atoms with Crippen LogP contribution in [0.25, 0.3) is 0 Å². The average Bonchev–Trinajstić information content (AvgIpc) is 3.33. The van der Waals surface area contributed by atoms with Crippen molar-refractivity contribution in [3.63, 3.8) is 0 Å². The lowest BCUT2D eigenvalue weighted by molar-refractivity contribution is -0.132. The number of aromatic amines is 1. The first-order chi connectivity index (χ1) is 13.0. The van der Waals surface area contributed by atoms with E-state index in [2.05, 4.69) is 20.5 Å². The number of amides is 2. The van der Waals surface area contributed by atoms with Crippen LogP contribution in [0, 0.1) is 6.92 Å². The van der Waals surface area contributed by atoms with Gasteiger partial charge in [0.1, 0.15) is 12.4 Å². The number of nitrogens with one attached hydrogen (secondary N) is 2. The van der Waals surface area contributed by atoms with Gasteiger partial charge >= 0.3 is 0 Å². The Morgan fingerprint density at radius 3 is 2.89 bits per heavy atom. The second-order valence-corrected chi connectivity index (χ2v) is 7.44. The molecule has 0 saturated heterocycles. The molecule has 27 heavy (non-hydrogen) atoms. The quantitative estimate of drug-likeness (QED) is 0.631. The van der Waals surface area contributed by atoms with Crippen LogP contribution in [0.3, 0.4) is 0 Å². The van der Waals surface area contributed by atoms with E-state index in [1.807, 2.05) is 31.2 Å². The van der Waals surface area contributed by atoms with Crippen LogP contribution in [0.15, 0.2) is 29.4 Å².